The number of hydrogen-bond acceptors (Lipinski definition) is 5. The Morgan fingerprint density at radius 3 is 2.76 bits per heavy atom. The van der Waals surface area contributed by atoms with E-state index in [0.29, 0.717) is 5.54 Å². The summed E-state index contributed by atoms with van der Waals surface area (Å²) >= 11 is 1.77. The highest BCUT2D eigenvalue weighted by Crippen LogP contribution is 2.39. The zero-order chi connectivity index (χ0) is 14.7. The molecule has 0 unspecified atom stereocenters. The molecule has 0 radical (unpaired) electrons. The fraction of sp³-hybridized carbons (Fsp3) is 0.812. The summed E-state index contributed by atoms with van der Waals surface area (Å²) in [5.74, 6) is 0. The first-order valence-corrected chi connectivity index (χ1v) is 8.97. The average Bonchev–Trinajstić information content (AvgIpc) is 3.07. The molecular formula is C16H27N3OS. The molecule has 0 bridgehead atoms. The number of thiazole rings is 1. The van der Waals surface area contributed by atoms with Crippen molar-refractivity contribution < 1.29 is 4.74 Å². The van der Waals surface area contributed by atoms with Crippen molar-refractivity contribution in [3.8, 4) is 0 Å². The van der Waals surface area contributed by atoms with Crippen LogP contribution in [0.4, 0.5) is 0 Å². The van der Waals surface area contributed by atoms with E-state index in [1.807, 2.05) is 0 Å². The van der Waals surface area contributed by atoms with Crippen LogP contribution in [-0.4, -0.2) is 60.2 Å². The average molecular weight is 309 g/mol. The van der Waals surface area contributed by atoms with E-state index in [1.165, 1.54) is 56.0 Å². The molecule has 1 aromatic heterocycles. The maximum atomic E-state index is 5.20. The number of aromatic nitrogens is 1. The van der Waals surface area contributed by atoms with Crippen LogP contribution in [0.25, 0.3) is 0 Å². The molecule has 2 aliphatic rings. The number of nitrogens with zero attached hydrogens (tertiary/aromatic N) is 3. The van der Waals surface area contributed by atoms with E-state index in [-0.39, 0.29) is 0 Å². The third-order valence-electron chi connectivity index (χ3n) is 5.16. The topological polar surface area (TPSA) is 28.6 Å². The summed E-state index contributed by atoms with van der Waals surface area (Å²) in [4.78, 5) is 9.93. The van der Waals surface area contributed by atoms with Crippen molar-refractivity contribution in [3.05, 3.63) is 16.1 Å². The first-order chi connectivity index (χ1) is 10.2. The summed E-state index contributed by atoms with van der Waals surface area (Å²) in [7, 11) is 1.79. The standard InChI is InChI=1S/C16H27N3OS/c1-14-17-15(13-21-14)12-19-7-3-4-16(19)5-8-18(9-6-16)10-11-20-2/h13H,3-12H2,1-2H3. The van der Waals surface area contributed by atoms with Crippen LogP contribution in [0.5, 0.6) is 0 Å². The summed E-state index contributed by atoms with van der Waals surface area (Å²) in [6, 6.07) is 0. The highest BCUT2D eigenvalue weighted by Gasteiger charge is 2.42. The van der Waals surface area contributed by atoms with Gasteiger partial charge in [0.15, 0.2) is 0 Å². The molecule has 21 heavy (non-hydrogen) atoms. The van der Waals surface area contributed by atoms with Gasteiger partial charge in [-0.2, -0.15) is 0 Å². The highest BCUT2D eigenvalue weighted by atomic mass is 32.1. The lowest BCUT2D eigenvalue weighted by molar-refractivity contribution is 0.0373. The summed E-state index contributed by atoms with van der Waals surface area (Å²) < 4.78 is 5.20. The zero-order valence-electron chi connectivity index (χ0n) is 13.3. The predicted octanol–water partition coefficient (Wildman–Crippen LogP) is 2.53. The number of ether oxygens (including phenoxy) is 1. The molecule has 4 nitrogen and oxygen atoms in total. The van der Waals surface area contributed by atoms with Gasteiger partial charge in [0, 0.05) is 31.1 Å². The highest BCUT2D eigenvalue weighted by molar-refractivity contribution is 7.09. The molecule has 5 heteroatoms. The van der Waals surface area contributed by atoms with Crippen molar-refractivity contribution in [2.75, 3.05) is 39.9 Å². The third-order valence-corrected chi connectivity index (χ3v) is 5.98. The maximum Gasteiger partial charge on any atom is 0.0897 e. The molecule has 0 atom stereocenters. The van der Waals surface area contributed by atoms with E-state index in [2.05, 4.69) is 27.1 Å². The molecule has 2 saturated heterocycles. The Hall–Kier alpha value is -0.490. The Bertz CT molecular complexity index is 454. The quantitative estimate of drug-likeness (QED) is 0.836. The summed E-state index contributed by atoms with van der Waals surface area (Å²) in [5, 5.41) is 3.42. The second kappa shape index (κ2) is 6.73. The lowest BCUT2D eigenvalue weighted by Crippen LogP contribution is -2.52. The third kappa shape index (κ3) is 3.47. The second-order valence-electron chi connectivity index (χ2n) is 6.44. The number of hydrogen-bond donors (Lipinski definition) is 0. The van der Waals surface area contributed by atoms with Gasteiger partial charge in [-0.3, -0.25) is 4.90 Å². The molecule has 0 aliphatic carbocycles. The fourth-order valence-corrected chi connectivity index (χ4v) is 4.50. The van der Waals surface area contributed by atoms with Gasteiger partial charge >= 0.3 is 0 Å². The lowest BCUT2D eigenvalue weighted by Gasteiger charge is -2.45. The molecule has 0 aromatic carbocycles. The van der Waals surface area contributed by atoms with Crippen LogP contribution in [0.2, 0.25) is 0 Å². The van der Waals surface area contributed by atoms with Crippen LogP contribution in [0.3, 0.4) is 0 Å². The Morgan fingerprint density at radius 1 is 1.29 bits per heavy atom. The normalized spacial score (nSPS) is 23.1. The number of rotatable bonds is 5. The van der Waals surface area contributed by atoms with Gasteiger partial charge in [-0.25, -0.2) is 4.98 Å². The molecule has 3 heterocycles. The van der Waals surface area contributed by atoms with Crippen LogP contribution in [0, 0.1) is 6.92 Å². The molecule has 2 aliphatic heterocycles. The largest absolute Gasteiger partial charge is 0.383 e. The molecule has 1 aromatic rings. The predicted molar refractivity (Wildman–Crippen MR) is 86.8 cm³/mol. The Labute approximate surface area is 132 Å². The first kappa shape index (κ1) is 15.4. The SMILES string of the molecule is COCCN1CCC2(CCCN2Cc2csc(C)n2)CC1. The van der Waals surface area contributed by atoms with Gasteiger partial charge in [-0.1, -0.05) is 0 Å². The van der Waals surface area contributed by atoms with E-state index in [0.717, 1.165) is 19.7 Å². The Balaban J connectivity index is 1.59. The first-order valence-electron chi connectivity index (χ1n) is 8.09. The van der Waals surface area contributed by atoms with Crippen molar-refractivity contribution in [1.82, 2.24) is 14.8 Å². The van der Waals surface area contributed by atoms with Gasteiger partial charge in [0.05, 0.1) is 17.3 Å². The van der Waals surface area contributed by atoms with Gasteiger partial charge < -0.3 is 9.64 Å². The fourth-order valence-electron chi connectivity index (χ4n) is 3.90. The lowest BCUT2D eigenvalue weighted by atomic mass is 9.85. The number of piperidine rings is 1. The van der Waals surface area contributed by atoms with Gasteiger partial charge in [-0.05, 0) is 52.2 Å². The molecule has 1 spiro atoms. The van der Waals surface area contributed by atoms with E-state index >= 15 is 0 Å². The van der Waals surface area contributed by atoms with Crippen LogP contribution in [-0.2, 0) is 11.3 Å². The molecule has 118 valence electrons. The smallest absolute Gasteiger partial charge is 0.0897 e. The Kier molecular flexibility index (Phi) is 4.94. The summed E-state index contributed by atoms with van der Waals surface area (Å²) in [6.07, 6.45) is 5.33. The van der Waals surface area contributed by atoms with Crippen molar-refractivity contribution in [2.24, 2.45) is 0 Å². The minimum Gasteiger partial charge on any atom is -0.383 e. The van der Waals surface area contributed by atoms with Gasteiger partial charge in [0.25, 0.3) is 0 Å². The minimum atomic E-state index is 0.446. The van der Waals surface area contributed by atoms with Crippen molar-refractivity contribution in [2.45, 2.75) is 44.7 Å². The molecule has 3 rings (SSSR count). The van der Waals surface area contributed by atoms with Crippen molar-refractivity contribution in [1.29, 1.82) is 0 Å². The maximum absolute atomic E-state index is 5.20. The van der Waals surface area contributed by atoms with Crippen molar-refractivity contribution >= 4 is 11.3 Å². The monoisotopic (exact) mass is 309 g/mol. The molecule has 0 amide bonds. The van der Waals surface area contributed by atoms with Crippen LogP contribution >= 0.6 is 11.3 Å². The van der Waals surface area contributed by atoms with E-state index in [1.54, 1.807) is 18.4 Å². The van der Waals surface area contributed by atoms with E-state index in [4.69, 9.17) is 4.74 Å². The zero-order valence-corrected chi connectivity index (χ0v) is 14.1. The van der Waals surface area contributed by atoms with Gasteiger partial charge in [0.1, 0.15) is 0 Å². The summed E-state index contributed by atoms with van der Waals surface area (Å²) in [5.41, 5.74) is 1.71. The summed E-state index contributed by atoms with van der Waals surface area (Å²) in [6.45, 7) is 8.76. The van der Waals surface area contributed by atoms with Crippen LogP contribution < -0.4 is 0 Å². The van der Waals surface area contributed by atoms with Crippen LogP contribution in [0.1, 0.15) is 36.4 Å². The van der Waals surface area contributed by atoms with E-state index in [9.17, 15) is 0 Å². The molecular weight excluding hydrogens is 282 g/mol. The number of likely N-dealkylation sites (tertiary alicyclic amines) is 2. The van der Waals surface area contributed by atoms with E-state index < -0.39 is 0 Å². The van der Waals surface area contributed by atoms with Gasteiger partial charge in [-0.15, -0.1) is 11.3 Å². The van der Waals surface area contributed by atoms with Gasteiger partial charge in [0.2, 0.25) is 0 Å². The second-order valence-corrected chi connectivity index (χ2v) is 7.50. The molecule has 2 fully saturated rings. The molecule has 0 N–H and O–H groups in total. The molecule has 0 saturated carbocycles. The van der Waals surface area contributed by atoms with Crippen LogP contribution in [0.15, 0.2) is 5.38 Å². The number of methoxy groups -OCH3 is 1. The minimum absolute atomic E-state index is 0.446. The van der Waals surface area contributed by atoms with Crippen molar-refractivity contribution in [3.63, 3.8) is 0 Å². The number of aryl methyl sites for hydroxylation is 1. The Morgan fingerprint density at radius 2 is 2.10 bits per heavy atom.